The van der Waals surface area contributed by atoms with Crippen LogP contribution in [0.5, 0.6) is 0 Å². The number of piperidine rings is 1. The number of amides is 1. The molecular weight excluding hydrogens is 489 g/mol. The molecular formula is C20H24F5N3O5S. The first-order valence-electron chi connectivity index (χ1n) is 10.6. The number of alkyl halides is 5. The predicted molar refractivity (Wildman–Crippen MR) is 113 cm³/mol. The summed E-state index contributed by atoms with van der Waals surface area (Å²) in [6, 6.07) is 0. The third-order valence-corrected chi connectivity index (χ3v) is 6.88. The average Bonchev–Trinajstić information content (AvgIpc) is 3.13. The molecule has 34 heavy (non-hydrogen) atoms. The molecule has 3 rings (SSSR count). The van der Waals surface area contributed by atoms with Gasteiger partial charge in [-0.15, -0.1) is 24.5 Å². The van der Waals surface area contributed by atoms with Crippen molar-refractivity contribution < 1.29 is 36.6 Å². The van der Waals surface area contributed by atoms with Crippen molar-refractivity contribution in [3.05, 3.63) is 31.3 Å². The Kier molecular flexibility index (Phi) is 7.53. The molecule has 3 heterocycles. The maximum Gasteiger partial charge on any atom is 0.522 e. The van der Waals surface area contributed by atoms with E-state index in [-0.39, 0.29) is 43.7 Å². The van der Waals surface area contributed by atoms with Crippen molar-refractivity contribution in [2.75, 3.05) is 19.7 Å². The van der Waals surface area contributed by atoms with Gasteiger partial charge in [0.2, 0.25) is 0 Å². The first kappa shape index (κ1) is 26.3. The highest BCUT2D eigenvalue weighted by molar-refractivity contribution is 7.20. The van der Waals surface area contributed by atoms with Gasteiger partial charge in [0.25, 0.3) is 17.9 Å². The number of aromatic nitrogens is 2. The normalized spacial score (nSPS) is 16.6. The van der Waals surface area contributed by atoms with E-state index in [1.165, 1.54) is 4.90 Å². The van der Waals surface area contributed by atoms with Gasteiger partial charge in [-0.3, -0.25) is 23.5 Å². The van der Waals surface area contributed by atoms with Gasteiger partial charge >= 0.3 is 12.1 Å². The second-order valence-corrected chi connectivity index (χ2v) is 9.30. The van der Waals surface area contributed by atoms with Crippen LogP contribution in [-0.2, 0) is 17.8 Å². The number of fused-ring (bicyclic) bond motifs is 1. The molecule has 0 unspecified atom stereocenters. The lowest BCUT2D eigenvalue weighted by Crippen LogP contribution is -2.45. The number of nitrogens with zero attached hydrogens (tertiary/aromatic N) is 3. The molecule has 0 aliphatic carbocycles. The van der Waals surface area contributed by atoms with Crippen molar-refractivity contribution in [3.8, 4) is 0 Å². The fraction of sp³-hybridized carbons (Fsp3) is 0.650. The molecule has 0 aromatic carbocycles. The van der Waals surface area contributed by atoms with Crippen LogP contribution in [0.25, 0.3) is 10.2 Å². The zero-order chi connectivity index (χ0) is 25.4. The summed E-state index contributed by atoms with van der Waals surface area (Å²) in [5, 5.41) is 9.53. The molecule has 0 atom stereocenters. The smallest absolute Gasteiger partial charge is 0.390 e. The van der Waals surface area contributed by atoms with Crippen molar-refractivity contribution in [1.29, 1.82) is 0 Å². The number of hydrogen-bond acceptors (Lipinski definition) is 6. The average molecular weight is 513 g/mol. The topological polar surface area (TPSA) is 93.8 Å². The van der Waals surface area contributed by atoms with Gasteiger partial charge in [0, 0.05) is 19.6 Å². The SMILES string of the molecule is CCCn1c(=O)c2c(C(F)F)c(C(=O)N3CCC(C)(O)CC3)sc2n(CCOC(F)(F)F)c1=O. The second kappa shape index (κ2) is 9.74. The van der Waals surface area contributed by atoms with Gasteiger partial charge in [-0.1, -0.05) is 6.92 Å². The maximum atomic E-state index is 14.2. The zero-order valence-electron chi connectivity index (χ0n) is 18.5. The Morgan fingerprint density at radius 1 is 1.18 bits per heavy atom. The highest BCUT2D eigenvalue weighted by Gasteiger charge is 2.35. The van der Waals surface area contributed by atoms with Crippen molar-refractivity contribution in [3.63, 3.8) is 0 Å². The number of carbonyl (C=O) groups excluding carboxylic acids is 1. The Morgan fingerprint density at radius 3 is 2.32 bits per heavy atom. The Balaban J connectivity index is 2.17. The lowest BCUT2D eigenvalue weighted by atomic mass is 9.93. The minimum absolute atomic E-state index is 0.0923. The van der Waals surface area contributed by atoms with Gasteiger partial charge < -0.3 is 10.0 Å². The van der Waals surface area contributed by atoms with Crippen molar-refractivity contribution >= 4 is 27.5 Å². The summed E-state index contributed by atoms with van der Waals surface area (Å²) < 4.78 is 70.9. The highest BCUT2D eigenvalue weighted by Crippen LogP contribution is 2.37. The fourth-order valence-electron chi connectivity index (χ4n) is 3.86. The van der Waals surface area contributed by atoms with E-state index < -0.39 is 64.5 Å². The summed E-state index contributed by atoms with van der Waals surface area (Å²) in [4.78, 5) is 39.5. The molecule has 0 radical (unpaired) electrons. The number of halogens is 5. The van der Waals surface area contributed by atoms with Crippen LogP contribution in [0.3, 0.4) is 0 Å². The summed E-state index contributed by atoms with van der Waals surface area (Å²) >= 11 is 0.473. The van der Waals surface area contributed by atoms with Crippen LogP contribution in [0.2, 0.25) is 0 Å². The molecule has 1 saturated heterocycles. The lowest BCUT2D eigenvalue weighted by molar-refractivity contribution is -0.325. The molecule has 1 aliphatic heterocycles. The minimum Gasteiger partial charge on any atom is -0.390 e. The van der Waals surface area contributed by atoms with Gasteiger partial charge in [0.05, 0.1) is 29.7 Å². The lowest BCUT2D eigenvalue weighted by Gasteiger charge is -2.35. The molecule has 2 aromatic heterocycles. The van der Waals surface area contributed by atoms with Crippen LogP contribution in [0.4, 0.5) is 22.0 Å². The highest BCUT2D eigenvalue weighted by atomic mass is 32.1. The number of ether oxygens (including phenoxy) is 1. The van der Waals surface area contributed by atoms with Gasteiger partial charge in [0.15, 0.2) is 0 Å². The molecule has 0 bridgehead atoms. The summed E-state index contributed by atoms with van der Waals surface area (Å²) in [6.07, 6.45) is -7.50. The number of hydrogen-bond donors (Lipinski definition) is 1. The Morgan fingerprint density at radius 2 is 1.79 bits per heavy atom. The fourth-order valence-corrected chi connectivity index (χ4v) is 5.15. The predicted octanol–water partition coefficient (Wildman–Crippen LogP) is 3.10. The van der Waals surface area contributed by atoms with Crippen LogP contribution >= 0.6 is 11.3 Å². The van der Waals surface area contributed by atoms with Crippen LogP contribution in [0.1, 0.15) is 54.8 Å². The molecule has 0 saturated carbocycles. The molecule has 1 aliphatic rings. The van der Waals surface area contributed by atoms with Crippen LogP contribution in [-0.4, -0.2) is 56.7 Å². The molecule has 1 amide bonds. The summed E-state index contributed by atoms with van der Waals surface area (Å²) in [6.45, 7) is 1.62. The van der Waals surface area contributed by atoms with E-state index in [4.69, 9.17) is 0 Å². The quantitative estimate of drug-likeness (QED) is 0.575. The van der Waals surface area contributed by atoms with E-state index in [9.17, 15) is 41.4 Å². The second-order valence-electron chi connectivity index (χ2n) is 8.30. The monoisotopic (exact) mass is 513 g/mol. The third kappa shape index (κ3) is 5.33. The number of aliphatic hydroxyl groups is 1. The third-order valence-electron chi connectivity index (χ3n) is 5.66. The number of thiophene rings is 1. The number of carbonyl (C=O) groups is 1. The van der Waals surface area contributed by atoms with Crippen LogP contribution in [0.15, 0.2) is 9.59 Å². The standard InChI is InChI=1S/C20H24F5N3O5S/c1-3-6-27-15(29)12-11(14(21)22)13(16(30)26-7-4-19(2,32)5-8-26)34-17(12)28(18(27)31)9-10-33-20(23,24)25/h14,32H,3-10H2,1-2H3. The van der Waals surface area contributed by atoms with E-state index in [1.54, 1.807) is 13.8 Å². The molecule has 190 valence electrons. The summed E-state index contributed by atoms with van der Waals surface area (Å²) in [7, 11) is 0. The largest absolute Gasteiger partial charge is 0.522 e. The maximum absolute atomic E-state index is 14.2. The molecule has 1 fully saturated rings. The number of likely N-dealkylation sites (tertiary alicyclic amines) is 1. The Bertz CT molecular complexity index is 1170. The van der Waals surface area contributed by atoms with E-state index in [0.29, 0.717) is 15.9 Å². The van der Waals surface area contributed by atoms with Crippen molar-refractivity contribution in [2.24, 2.45) is 0 Å². The first-order chi connectivity index (χ1) is 15.8. The van der Waals surface area contributed by atoms with Crippen LogP contribution < -0.4 is 11.2 Å². The Labute approximate surface area is 194 Å². The zero-order valence-corrected chi connectivity index (χ0v) is 19.3. The Hall–Kier alpha value is -2.32. The molecule has 2 aromatic rings. The van der Waals surface area contributed by atoms with Crippen molar-refractivity contribution in [1.82, 2.24) is 14.0 Å². The minimum atomic E-state index is -4.97. The van der Waals surface area contributed by atoms with E-state index in [1.807, 2.05) is 0 Å². The molecule has 8 nitrogen and oxygen atoms in total. The molecule has 1 N–H and O–H groups in total. The molecule has 14 heteroatoms. The van der Waals surface area contributed by atoms with E-state index in [2.05, 4.69) is 4.74 Å². The van der Waals surface area contributed by atoms with E-state index >= 15 is 0 Å². The van der Waals surface area contributed by atoms with Gasteiger partial charge in [-0.25, -0.2) is 13.6 Å². The first-order valence-corrected chi connectivity index (χ1v) is 11.4. The van der Waals surface area contributed by atoms with Gasteiger partial charge in [-0.2, -0.15) is 0 Å². The van der Waals surface area contributed by atoms with Crippen molar-refractivity contribution in [2.45, 2.75) is 64.6 Å². The summed E-state index contributed by atoms with van der Waals surface area (Å²) in [5.41, 5.74) is -3.85. The van der Waals surface area contributed by atoms with Crippen LogP contribution in [0, 0.1) is 0 Å². The number of rotatable bonds is 7. The summed E-state index contributed by atoms with van der Waals surface area (Å²) in [5.74, 6) is -0.793. The van der Waals surface area contributed by atoms with E-state index in [0.717, 1.165) is 4.57 Å². The van der Waals surface area contributed by atoms with Gasteiger partial charge in [0.1, 0.15) is 9.71 Å². The molecule has 0 spiro atoms. The van der Waals surface area contributed by atoms with Gasteiger partial charge in [-0.05, 0) is 26.2 Å².